The molecule has 0 radical (unpaired) electrons. The number of hydrogen-bond acceptors (Lipinski definition) is 3. The SMILES string of the molecule is O=C(O)CC1CCCN1C(=O)c1cc(Cl)ncc1Cl. The molecule has 2 rings (SSSR count). The smallest absolute Gasteiger partial charge is 0.305 e. The van der Waals surface area contributed by atoms with Crippen LogP contribution in [0.25, 0.3) is 0 Å². The van der Waals surface area contributed by atoms with E-state index < -0.39 is 5.97 Å². The number of likely N-dealkylation sites (tertiary alicyclic amines) is 1. The Balaban J connectivity index is 2.23. The van der Waals surface area contributed by atoms with Crippen LogP contribution in [0.3, 0.4) is 0 Å². The minimum Gasteiger partial charge on any atom is -0.481 e. The number of carbonyl (C=O) groups is 2. The van der Waals surface area contributed by atoms with Gasteiger partial charge in [0.1, 0.15) is 5.15 Å². The molecule has 1 N–H and O–H groups in total. The largest absolute Gasteiger partial charge is 0.481 e. The van der Waals surface area contributed by atoms with Crippen molar-refractivity contribution in [3.8, 4) is 0 Å². The molecule has 19 heavy (non-hydrogen) atoms. The molecule has 1 atom stereocenters. The van der Waals surface area contributed by atoms with Crippen LogP contribution < -0.4 is 0 Å². The van der Waals surface area contributed by atoms with Gasteiger partial charge in [0.15, 0.2) is 0 Å². The van der Waals surface area contributed by atoms with Crippen LogP contribution in [0, 0.1) is 0 Å². The minimum atomic E-state index is -0.913. The second kappa shape index (κ2) is 5.75. The highest BCUT2D eigenvalue weighted by Gasteiger charge is 2.31. The quantitative estimate of drug-likeness (QED) is 0.871. The highest BCUT2D eigenvalue weighted by molar-refractivity contribution is 6.35. The Morgan fingerprint density at radius 3 is 2.89 bits per heavy atom. The molecule has 7 heteroatoms. The Labute approximate surface area is 120 Å². The first-order valence-corrected chi connectivity index (χ1v) is 6.58. The summed E-state index contributed by atoms with van der Waals surface area (Å²) in [7, 11) is 0. The number of halogens is 2. The first-order valence-electron chi connectivity index (χ1n) is 5.83. The Hall–Kier alpha value is -1.33. The van der Waals surface area contributed by atoms with E-state index in [1.54, 1.807) is 4.90 Å². The summed E-state index contributed by atoms with van der Waals surface area (Å²) < 4.78 is 0. The highest BCUT2D eigenvalue weighted by atomic mass is 35.5. The maximum absolute atomic E-state index is 12.4. The van der Waals surface area contributed by atoms with Crippen LogP contribution in [-0.4, -0.2) is 39.5 Å². The Kier molecular flexibility index (Phi) is 4.27. The fourth-order valence-electron chi connectivity index (χ4n) is 2.25. The van der Waals surface area contributed by atoms with Gasteiger partial charge in [-0.3, -0.25) is 9.59 Å². The van der Waals surface area contributed by atoms with Crippen LogP contribution in [0.5, 0.6) is 0 Å². The molecule has 1 aromatic heterocycles. The maximum atomic E-state index is 12.4. The first-order chi connectivity index (χ1) is 8.99. The molecule has 0 bridgehead atoms. The number of amides is 1. The summed E-state index contributed by atoms with van der Waals surface area (Å²) in [6.07, 6.45) is 2.75. The zero-order valence-electron chi connectivity index (χ0n) is 9.97. The summed E-state index contributed by atoms with van der Waals surface area (Å²) >= 11 is 11.7. The normalized spacial score (nSPS) is 18.6. The fourth-order valence-corrected chi connectivity index (χ4v) is 2.59. The number of aliphatic carboxylic acids is 1. The van der Waals surface area contributed by atoms with Crippen molar-refractivity contribution in [1.29, 1.82) is 0 Å². The summed E-state index contributed by atoms with van der Waals surface area (Å²) in [6, 6.07) is 1.12. The Morgan fingerprint density at radius 1 is 1.47 bits per heavy atom. The van der Waals surface area contributed by atoms with E-state index in [-0.39, 0.29) is 34.1 Å². The minimum absolute atomic E-state index is 0.0534. The zero-order chi connectivity index (χ0) is 14.0. The number of aromatic nitrogens is 1. The fraction of sp³-hybridized carbons (Fsp3) is 0.417. The summed E-state index contributed by atoms with van der Waals surface area (Å²) in [6.45, 7) is 0.535. The van der Waals surface area contributed by atoms with Crippen LogP contribution in [-0.2, 0) is 4.79 Å². The second-order valence-corrected chi connectivity index (χ2v) is 5.17. The van der Waals surface area contributed by atoms with Crippen molar-refractivity contribution in [2.24, 2.45) is 0 Å². The average molecular weight is 303 g/mol. The van der Waals surface area contributed by atoms with Crippen LogP contribution in [0.1, 0.15) is 29.6 Å². The van der Waals surface area contributed by atoms with Gasteiger partial charge in [-0.1, -0.05) is 23.2 Å². The molecule has 1 fully saturated rings. The van der Waals surface area contributed by atoms with E-state index in [0.717, 1.165) is 6.42 Å². The summed E-state index contributed by atoms with van der Waals surface area (Å²) in [5.74, 6) is -1.21. The molecular weight excluding hydrogens is 291 g/mol. The van der Waals surface area contributed by atoms with E-state index in [2.05, 4.69) is 4.98 Å². The number of hydrogen-bond donors (Lipinski definition) is 1. The zero-order valence-corrected chi connectivity index (χ0v) is 11.5. The van der Waals surface area contributed by atoms with Gasteiger partial charge in [-0.05, 0) is 18.9 Å². The summed E-state index contributed by atoms with van der Waals surface area (Å²) in [5, 5.41) is 9.25. The lowest BCUT2D eigenvalue weighted by Crippen LogP contribution is -2.37. The van der Waals surface area contributed by atoms with Gasteiger partial charge in [-0.2, -0.15) is 0 Å². The topological polar surface area (TPSA) is 70.5 Å². The second-order valence-electron chi connectivity index (χ2n) is 4.38. The van der Waals surface area contributed by atoms with Gasteiger partial charge >= 0.3 is 5.97 Å². The van der Waals surface area contributed by atoms with Crippen LogP contribution >= 0.6 is 23.2 Å². The molecule has 1 aliphatic heterocycles. The molecule has 0 spiro atoms. The van der Waals surface area contributed by atoms with Crippen LogP contribution in [0.4, 0.5) is 0 Å². The van der Waals surface area contributed by atoms with Gasteiger partial charge in [0.25, 0.3) is 5.91 Å². The maximum Gasteiger partial charge on any atom is 0.305 e. The lowest BCUT2D eigenvalue weighted by atomic mass is 10.1. The van der Waals surface area contributed by atoms with Gasteiger partial charge in [0.05, 0.1) is 17.0 Å². The van der Waals surface area contributed by atoms with Crippen molar-refractivity contribution in [1.82, 2.24) is 9.88 Å². The third-order valence-electron chi connectivity index (χ3n) is 3.10. The lowest BCUT2D eigenvalue weighted by molar-refractivity contribution is -0.137. The van der Waals surface area contributed by atoms with Crippen molar-refractivity contribution < 1.29 is 14.7 Å². The van der Waals surface area contributed by atoms with Gasteiger partial charge in [0, 0.05) is 18.8 Å². The summed E-state index contributed by atoms with van der Waals surface area (Å²) in [4.78, 5) is 28.5. The number of nitrogens with zero attached hydrogens (tertiary/aromatic N) is 2. The number of carboxylic acids is 1. The number of carbonyl (C=O) groups excluding carboxylic acids is 1. The molecule has 0 aliphatic carbocycles. The van der Waals surface area contributed by atoms with E-state index in [1.165, 1.54) is 12.3 Å². The average Bonchev–Trinajstić information content (AvgIpc) is 2.78. The third-order valence-corrected chi connectivity index (χ3v) is 3.61. The molecule has 0 aromatic carbocycles. The molecule has 1 aromatic rings. The molecule has 2 heterocycles. The summed E-state index contributed by atoms with van der Waals surface area (Å²) in [5.41, 5.74) is 0.263. The van der Waals surface area contributed by atoms with E-state index in [1.807, 2.05) is 0 Å². The van der Waals surface area contributed by atoms with Crippen LogP contribution in [0.15, 0.2) is 12.3 Å². The third kappa shape index (κ3) is 3.16. The number of rotatable bonds is 3. The van der Waals surface area contributed by atoms with E-state index in [9.17, 15) is 9.59 Å². The molecule has 1 amide bonds. The highest BCUT2D eigenvalue weighted by Crippen LogP contribution is 2.26. The molecule has 102 valence electrons. The standard InChI is InChI=1S/C12H12Cl2N2O3/c13-9-6-15-10(14)5-8(9)12(19)16-3-1-2-7(16)4-11(17)18/h5-7H,1-4H2,(H,17,18). The lowest BCUT2D eigenvalue weighted by Gasteiger charge is -2.23. The molecular formula is C12H12Cl2N2O3. The van der Waals surface area contributed by atoms with Crippen molar-refractivity contribution in [3.05, 3.63) is 28.0 Å². The van der Waals surface area contributed by atoms with Crippen molar-refractivity contribution in [2.75, 3.05) is 6.54 Å². The predicted octanol–water partition coefficient (Wildman–Crippen LogP) is 2.47. The molecule has 1 saturated heterocycles. The molecule has 5 nitrogen and oxygen atoms in total. The van der Waals surface area contributed by atoms with E-state index >= 15 is 0 Å². The van der Waals surface area contributed by atoms with Gasteiger partial charge < -0.3 is 10.0 Å². The predicted molar refractivity (Wildman–Crippen MR) is 70.6 cm³/mol. The molecule has 1 unspecified atom stereocenters. The van der Waals surface area contributed by atoms with E-state index in [4.69, 9.17) is 28.3 Å². The van der Waals surface area contributed by atoms with Gasteiger partial charge in [-0.15, -0.1) is 0 Å². The van der Waals surface area contributed by atoms with E-state index in [0.29, 0.717) is 13.0 Å². The monoisotopic (exact) mass is 302 g/mol. The van der Waals surface area contributed by atoms with Crippen LogP contribution in [0.2, 0.25) is 10.2 Å². The van der Waals surface area contributed by atoms with Crippen molar-refractivity contribution in [2.45, 2.75) is 25.3 Å². The number of pyridine rings is 1. The molecule has 0 saturated carbocycles. The molecule has 1 aliphatic rings. The first kappa shape index (κ1) is 14.1. The van der Waals surface area contributed by atoms with Gasteiger partial charge in [-0.25, -0.2) is 4.98 Å². The van der Waals surface area contributed by atoms with Gasteiger partial charge in [0.2, 0.25) is 0 Å². The number of carboxylic acid groups (broad SMARTS) is 1. The van der Waals surface area contributed by atoms with Crippen molar-refractivity contribution in [3.63, 3.8) is 0 Å². The van der Waals surface area contributed by atoms with Crippen molar-refractivity contribution >= 4 is 35.1 Å². The Bertz CT molecular complexity index is 522. The Morgan fingerprint density at radius 2 is 2.21 bits per heavy atom.